The molecule has 1 aromatic carbocycles. The zero-order valence-corrected chi connectivity index (χ0v) is 11.1. The predicted molar refractivity (Wildman–Crippen MR) is 73.3 cm³/mol. The fourth-order valence-corrected chi connectivity index (χ4v) is 2.24. The van der Waals surface area contributed by atoms with Gasteiger partial charge >= 0.3 is 0 Å². The van der Waals surface area contributed by atoms with Crippen LogP contribution >= 0.6 is 0 Å². The lowest BCUT2D eigenvalue weighted by Gasteiger charge is -2.04. The summed E-state index contributed by atoms with van der Waals surface area (Å²) in [7, 11) is 0. The molecule has 3 rings (SSSR count). The minimum Gasteiger partial charge on any atom is -0.464 e. The smallest absolute Gasteiger partial charge is 0.120 e. The Kier molecular flexibility index (Phi) is 3.67. The fourth-order valence-electron chi connectivity index (χ4n) is 2.24. The Balaban J connectivity index is 1.41. The molecule has 1 saturated carbocycles. The number of nitrogens with one attached hydrogen (secondary N) is 1. The van der Waals surface area contributed by atoms with Crippen LogP contribution in [0.1, 0.15) is 36.3 Å². The summed E-state index contributed by atoms with van der Waals surface area (Å²) < 4.78 is 5.79. The lowest BCUT2D eigenvalue weighted by Crippen LogP contribution is -2.13. The van der Waals surface area contributed by atoms with Gasteiger partial charge in [0, 0.05) is 5.92 Å². The van der Waals surface area contributed by atoms with Gasteiger partial charge in [-0.25, -0.2) is 0 Å². The molecule has 2 atom stereocenters. The van der Waals surface area contributed by atoms with Crippen LogP contribution in [-0.4, -0.2) is 0 Å². The second kappa shape index (κ2) is 5.59. The second-order valence-corrected chi connectivity index (χ2v) is 5.22. The monoisotopic (exact) mass is 257 g/mol. The molecule has 3 nitrogen and oxygen atoms in total. The SMILES string of the molecule is CC1CC1c1ccc(CNOCc2ccccc2)o1. The van der Waals surface area contributed by atoms with Gasteiger partial charge in [-0.05, 0) is 30.0 Å². The number of hydrogen-bond acceptors (Lipinski definition) is 3. The Labute approximate surface area is 113 Å². The highest BCUT2D eigenvalue weighted by molar-refractivity contribution is 5.17. The molecule has 2 aromatic rings. The molecule has 0 saturated heterocycles. The maximum atomic E-state index is 5.79. The zero-order chi connectivity index (χ0) is 13.1. The van der Waals surface area contributed by atoms with Crippen LogP contribution in [0.15, 0.2) is 46.9 Å². The minimum absolute atomic E-state index is 0.564. The molecule has 19 heavy (non-hydrogen) atoms. The quantitative estimate of drug-likeness (QED) is 0.634. The van der Waals surface area contributed by atoms with Gasteiger partial charge in [0.2, 0.25) is 0 Å². The molecule has 0 aliphatic heterocycles. The van der Waals surface area contributed by atoms with Crippen molar-refractivity contribution >= 4 is 0 Å². The van der Waals surface area contributed by atoms with Crippen molar-refractivity contribution in [1.82, 2.24) is 5.48 Å². The van der Waals surface area contributed by atoms with Crippen molar-refractivity contribution < 1.29 is 9.25 Å². The van der Waals surface area contributed by atoms with Crippen LogP contribution in [0.5, 0.6) is 0 Å². The first-order valence-electron chi connectivity index (χ1n) is 6.80. The Morgan fingerprint density at radius 3 is 2.74 bits per heavy atom. The van der Waals surface area contributed by atoms with Crippen molar-refractivity contribution in [2.75, 3.05) is 0 Å². The van der Waals surface area contributed by atoms with E-state index in [0.717, 1.165) is 23.0 Å². The highest BCUT2D eigenvalue weighted by Crippen LogP contribution is 2.47. The zero-order valence-electron chi connectivity index (χ0n) is 11.1. The van der Waals surface area contributed by atoms with Gasteiger partial charge in [0.1, 0.15) is 11.5 Å². The van der Waals surface area contributed by atoms with Crippen LogP contribution in [0.3, 0.4) is 0 Å². The van der Waals surface area contributed by atoms with E-state index in [1.807, 2.05) is 36.4 Å². The number of rotatable bonds is 6. The molecule has 2 unspecified atom stereocenters. The van der Waals surface area contributed by atoms with Crippen molar-refractivity contribution in [2.24, 2.45) is 5.92 Å². The Hall–Kier alpha value is -1.58. The topological polar surface area (TPSA) is 34.4 Å². The predicted octanol–water partition coefficient (Wildman–Crippen LogP) is 3.62. The number of hydroxylamine groups is 1. The molecule has 1 fully saturated rings. The highest BCUT2D eigenvalue weighted by Gasteiger charge is 2.36. The van der Waals surface area contributed by atoms with Crippen LogP contribution in [0.2, 0.25) is 0 Å². The van der Waals surface area contributed by atoms with Gasteiger partial charge in [-0.1, -0.05) is 37.3 Å². The lowest BCUT2D eigenvalue weighted by atomic mass is 10.2. The van der Waals surface area contributed by atoms with E-state index in [1.54, 1.807) is 0 Å². The van der Waals surface area contributed by atoms with E-state index < -0.39 is 0 Å². The van der Waals surface area contributed by atoms with Gasteiger partial charge in [-0.2, -0.15) is 5.48 Å². The van der Waals surface area contributed by atoms with Gasteiger partial charge in [0.25, 0.3) is 0 Å². The van der Waals surface area contributed by atoms with E-state index >= 15 is 0 Å². The first kappa shape index (κ1) is 12.5. The summed E-state index contributed by atoms with van der Waals surface area (Å²) in [5.74, 6) is 3.47. The number of hydrogen-bond donors (Lipinski definition) is 1. The molecule has 100 valence electrons. The molecule has 0 radical (unpaired) electrons. The van der Waals surface area contributed by atoms with Gasteiger partial charge < -0.3 is 4.42 Å². The third-order valence-electron chi connectivity index (χ3n) is 3.59. The molecule has 0 spiro atoms. The van der Waals surface area contributed by atoms with Gasteiger partial charge in [-0.3, -0.25) is 4.84 Å². The first-order valence-corrected chi connectivity index (χ1v) is 6.80. The third-order valence-corrected chi connectivity index (χ3v) is 3.59. The number of furan rings is 1. The molecule has 1 aromatic heterocycles. The van der Waals surface area contributed by atoms with E-state index in [9.17, 15) is 0 Å². The van der Waals surface area contributed by atoms with Crippen molar-refractivity contribution in [3.63, 3.8) is 0 Å². The summed E-state index contributed by atoms with van der Waals surface area (Å²) in [5, 5.41) is 0. The van der Waals surface area contributed by atoms with Crippen LogP contribution in [0.4, 0.5) is 0 Å². The van der Waals surface area contributed by atoms with Crippen LogP contribution < -0.4 is 5.48 Å². The summed E-state index contributed by atoms with van der Waals surface area (Å²) in [6.07, 6.45) is 1.25. The summed E-state index contributed by atoms with van der Waals surface area (Å²) in [6, 6.07) is 14.2. The fraction of sp³-hybridized carbons (Fsp3) is 0.375. The van der Waals surface area contributed by atoms with Crippen LogP contribution in [-0.2, 0) is 18.0 Å². The van der Waals surface area contributed by atoms with Crippen molar-refractivity contribution in [2.45, 2.75) is 32.4 Å². The molecule has 1 heterocycles. The normalized spacial score (nSPS) is 21.5. The van der Waals surface area contributed by atoms with Crippen LogP contribution in [0.25, 0.3) is 0 Å². The van der Waals surface area contributed by atoms with Crippen molar-refractivity contribution in [3.05, 3.63) is 59.5 Å². The largest absolute Gasteiger partial charge is 0.464 e. The second-order valence-electron chi connectivity index (χ2n) is 5.22. The Morgan fingerprint density at radius 1 is 1.21 bits per heavy atom. The average molecular weight is 257 g/mol. The third kappa shape index (κ3) is 3.25. The van der Waals surface area contributed by atoms with Crippen molar-refractivity contribution in [3.8, 4) is 0 Å². The Bertz CT molecular complexity index is 521. The van der Waals surface area contributed by atoms with Crippen molar-refractivity contribution in [1.29, 1.82) is 0 Å². The summed E-state index contributed by atoms with van der Waals surface area (Å²) in [4.78, 5) is 5.42. The van der Waals surface area contributed by atoms with E-state index in [4.69, 9.17) is 9.25 Å². The Morgan fingerprint density at radius 2 is 2.00 bits per heavy atom. The van der Waals surface area contributed by atoms with Crippen LogP contribution in [0, 0.1) is 5.92 Å². The molecule has 0 bridgehead atoms. The summed E-state index contributed by atoms with van der Waals surface area (Å²) in [6.45, 7) is 3.43. The van der Waals surface area contributed by atoms with Gasteiger partial charge in [0.05, 0.1) is 13.2 Å². The van der Waals surface area contributed by atoms with E-state index in [1.165, 1.54) is 6.42 Å². The van der Waals surface area contributed by atoms with E-state index in [0.29, 0.717) is 19.1 Å². The molecule has 1 N–H and O–H groups in total. The maximum absolute atomic E-state index is 5.79. The molecule has 1 aliphatic carbocycles. The minimum atomic E-state index is 0.564. The number of benzene rings is 1. The first-order chi connectivity index (χ1) is 9.33. The molecule has 0 amide bonds. The van der Waals surface area contributed by atoms with Gasteiger partial charge in [0.15, 0.2) is 0 Å². The van der Waals surface area contributed by atoms with E-state index in [-0.39, 0.29) is 0 Å². The highest BCUT2D eigenvalue weighted by atomic mass is 16.6. The molecular weight excluding hydrogens is 238 g/mol. The standard InChI is InChI=1S/C16H19NO2/c1-12-9-15(12)16-8-7-14(19-16)10-17-18-11-13-5-3-2-4-6-13/h2-8,12,15,17H,9-11H2,1H3. The lowest BCUT2D eigenvalue weighted by molar-refractivity contribution is 0.0200. The van der Waals surface area contributed by atoms with E-state index in [2.05, 4.69) is 18.5 Å². The summed E-state index contributed by atoms with van der Waals surface area (Å²) >= 11 is 0. The summed E-state index contributed by atoms with van der Waals surface area (Å²) in [5.41, 5.74) is 4.09. The maximum Gasteiger partial charge on any atom is 0.120 e. The van der Waals surface area contributed by atoms with Gasteiger partial charge in [-0.15, -0.1) is 0 Å². The molecular formula is C16H19NO2. The molecule has 1 aliphatic rings. The molecule has 3 heteroatoms. The average Bonchev–Trinajstić information content (AvgIpc) is 2.99.